The number of pyridine rings is 1. The number of hydrogen-bond acceptors (Lipinski definition) is 5. The van der Waals surface area contributed by atoms with Crippen molar-refractivity contribution in [3.05, 3.63) is 57.3 Å². The Morgan fingerprint density at radius 1 is 1.33 bits per heavy atom. The number of nitro benzene ring substituents is 1. The van der Waals surface area contributed by atoms with Gasteiger partial charge in [0, 0.05) is 24.4 Å². The molecule has 0 unspecified atom stereocenters. The third-order valence-electron chi connectivity index (χ3n) is 3.09. The number of ether oxygens (including phenoxy) is 1. The van der Waals surface area contributed by atoms with Crippen LogP contribution in [-0.2, 0) is 0 Å². The molecular formula is C15H17N3O3. The SMILES string of the molecule is Cc1cc(C)c(Oc2ccc([C@@H](C)N)cn2)c([N+](=O)[O-])c1. The van der Waals surface area contributed by atoms with Gasteiger partial charge in [-0.3, -0.25) is 10.1 Å². The van der Waals surface area contributed by atoms with Gasteiger partial charge in [0.1, 0.15) is 0 Å². The Labute approximate surface area is 122 Å². The van der Waals surface area contributed by atoms with Crippen LogP contribution in [0.5, 0.6) is 11.6 Å². The fourth-order valence-electron chi connectivity index (χ4n) is 2.03. The topological polar surface area (TPSA) is 91.3 Å². The Hall–Kier alpha value is -2.47. The maximum Gasteiger partial charge on any atom is 0.312 e. The maximum atomic E-state index is 11.1. The van der Waals surface area contributed by atoms with Crippen molar-refractivity contribution in [1.82, 2.24) is 4.98 Å². The van der Waals surface area contributed by atoms with Crippen LogP contribution in [0.15, 0.2) is 30.5 Å². The molecular weight excluding hydrogens is 270 g/mol. The van der Waals surface area contributed by atoms with E-state index in [-0.39, 0.29) is 17.5 Å². The molecule has 1 atom stereocenters. The van der Waals surface area contributed by atoms with E-state index >= 15 is 0 Å². The minimum absolute atomic E-state index is 0.0643. The standard InChI is InChI=1S/C15H17N3O3/c1-9-6-10(2)15(13(7-9)18(19)20)21-14-5-4-12(8-17-14)11(3)16/h4-8,11H,16H2,1-3H3/t11-/m1/s1. The van der Waals surface area contributed by atoms with Gasteiger partial charge in [-0.05, 0) is 37.5 Å². The van der Waals surface area contributed by atoms with Crippen molar-refractivity contribution in [2.45, 2.75) is 26.8 Å². The molecule has 6 heteroatoms. The third kappa shape index (κ3) is 3.35. The number of nitro groups is 1. The lowest BCUT2D eigenvalue weighted by Crippen LogP contribution is -2.05. The van der Waals surface area contributed by atoms with E-state index in [1.807, 2.05) is 13.0 Å². The van der Waals surface area contributed by atoms with E-state index < -0.39 is 4.92 Å². The first kappa shape index (κ1) is 14.9. The van der Waals surface area contributed by atoms with Gasteiger partial charge < -0.3 is 10.5 Å². The summed E-state index contributed by atoms with van der Waals surface area (Å²) in [4.78, 5) is 14.8. The van der Waals surface area contributed by atoms with Crippen molar-refractivity contribution < 1.29 is 9.66 Å². The molecule has 0 saturated carbocycles. The number of benzene rings is 1. The van der Waals surface area contributed by atoms with E-state index in [1.165, 1.54) is 6.07 Å². The zero-order valence-electron chi connectivity index (χ0n) is 12.2. The Balaban J connectivity index is 2.37. The number of hydrogen-bond donors (Lipinski definition) is 1. The molecule has 0 radical (unpaired) electrons. The summed E-state index contributed by atoms with van der Waals surface area (Å²) in [6, 6.07) is 6.64. The van der Waals surface area contributed by atoms with Crippen LogP contribution in [-0.4, -0.2) is 9.91 Å². The normalized spacial score (nSPS) is 12.0. The Kier molecular flexibility index (Phi) is 4.18. The first-order chi connectivity index (χ1) is 9.88. The zero-order chi connectivity index (χ0) is 15.6. The molecule has 1 aromatic carbocycles. The van der Waals surface area contributed by atoms with Crippen molar-refractivity contribution in [1.29, 1.82) is 0 Å². The highest BCUT2D eigenvalue weighted by Crippen LogP contribution is 2.35. The van der Waals surface area contributed by atoms with Crippen LogP contribution in [0, 0.1) is 24.0 Å². The van der Waals surface area contributed by atoms with Gasteiger partial charge in [-0.15, -0.1) is 0 Å². The molecule has 6 nitrogen and oxygen atoms in total. The van der Waals surface area contributed by atoms with Gasteiger partial charge in [-0.1, -0.05) is 12.1 Å². The van der Waals surface area contributed by atoms with Crippen molar-refractivity contribution in [2.75, 3.05) is 0 Å². The lowest BCUT2D eigenvalue weighted by atomic mass is 10.1. The maximum absolute atomic E-state index is 11.1. The summed E-state index contributed by atoms with van der Waals surface area (Å²) in [5.74, 6) is 0.515. The molecule has 0 aliphatic carbocycles. The molecule has 0 amide bonds. The Morgan fingerprint density at radius 2 is 2.05 bits per heavy atom. The lowest BCUT2D eigenvalue weighted by Gasteiger charge is -2.10. The third-order valence-corrected chi connectivity index (χ3v) is 3.09. The highest BCUT2D eigenvalue weighted by Gasteiger charge is 2.19. The quantitative estimate of drug-likeness (QED) is 0.687. The van der Waals surface area contributed by atoms with Gasteiger partial charge in [0.15, 0.2) is 0 Å². The second-order valence-corrected chi connectivity index (χ2v) is 5.01. The Morgan fingerprint density at radius 3 is 2.57 bits per heavy atom. The van der Waals surface area contributed by atoms with E-state index in [4.69, 9.17) is 10.5 Å². The highest BCUT2D eigenvalue weighted by atomic mass is 16.6. The van der Waals surface area contributed by atoms with Crippen molar-refractivity contribution >= 4 is 5.69 Å². The van der Waals surface area contributed by atoms with Crippen LogP contribution < -0.4 is 10.5 Å². The van der Waals surface area contributed by atoms with E-state index in [9.17, 15) is 10.1 Å². The van der Waals surface area contributed by atoms with Crippen molar-refractivity contribution in [2.24, 2.45) is 5.73 Å². The summed E-state index contributed by atoms with van der Waals surface area (Å²) in [5.41, 5.74) is 8.07. The molecule has 0 saturated heterocycles. The molecule has 2 aromatic rings. The van der Waals surface area contributed by atoms with E-state index in [2.05, 4.69) is 4.98 Å². The predicted molar refractivity (Wildman–Crippen MR) is 79.5 cm³/mol. The van der Waals surface area contributed by atoms with Gasteiger partial charge in [0.2, 0.25) is 11.6 Å². The molecule has 110 valence electrons. The van der Waals surface area contributed by atoms with Gasteiger partial charge >= 0.3 is 5.69 Å². The predicted octanol–water partition coefficient (Wildman–Crippen LogP) is 3.42. The molecule has 0 fully saturated rings. The summed E-state index contributed by atoms with van der Waals surface area (Å²) >= 11 is 0. The fourth-order valence-corrected chi connectivity index (χ4v) is 2.03. The number of aromatic nitrogens is 1. The smallest absolute Gasteiger partial charge is 0.312 e. The van der Waals surface area contributed by atoms with Crippen LogP contribution in [0.2, 0.25) is 0 Å². The molecule has 0 aliphatic heterocycles. The minimum atomic E-state index is -0.453. The van der Waals surface area contributed by atoms with Gasteiger partial charge in [-0.25, -0.2) is 4.98 Å². The van der Waals surface area contributed by atoms with Gasteiger partial charge in [0.25, 0.3) is 0 Å². The Bertz CT molecular complexity index is 667. The van der Waals surface area contributed by atoms with Crippen molar-refractivity contribution in [3.8, 4) is 11.6 Å². The van der Waals surface area contributed by atoms with E-state index in [0.717, 1.165) is 11.1 Å². The molecule has 1 heterocycles. The molecule has 2 N–H and O–H groups in total. The summed E-state index contributed by atoms with van der Waals surface area (Å²) in [7, 11) is 0. The number of rotatable bonds is 4. The van der Waals surface area contributed by atoms with Crippen molar-refractivity contribution in [3.63, 3.8) is 0 Å². The van der Waals surface area contributed by atoms with Crippen LogP contribution in [0.4, 0.5) is 5.69 Å². The highest BCUT2D eigenvalue weighted by molar-refractivity contribution is 5.54. The first-order valence-corrected chi connectivity index (χ1v) is 6.53. The van der Waals surface area contributed by atoms with Gasteiger partial charge in [-0.2, -0.15) is 0 Å². The first-order valence-electron chi connectivity index (χ1n) is 6.53. The average Bonchev–Trinajstić information content (AvgIpc) is 2.41. The van der Waals surface area contributed by atoms with Crippen LogP contribution >= 0.6 is 0 Å². The van der Waals surface area contributed by atoms with Gasteiger partial charge in [0.05, 0.1) is 4.92 Å². The lowest BCUT2D eigenvalue weighted by molar-refractivity contribution is -0.385. The molecule has 21 heavy (non-hydrogen) atoms. The summed E-state index contributed by atoms with van der Waals surface area (Å²) in [5, 5.41) is 11.1. The number of aryl methyl sites for hydroxylation is 2. The summed E-state index contributed by atoms with van der Waals surface area (Å²) < 4.78 is 5.60. The largest absolute Gasteiger partial charge is 0.432 e. The second-order valence-electron chi connectivity index (χ2n) is 5.01. The zero-order valence-corrected chi connectivity index (χ0v) is 12.2. The van der Waals surface area contributed by atoms with E-state index in [0.29, 0.717) is 11.4 Å². The second kappa shape index (κ2) is 5.88. The number of nitrogens with zero attached hydrogens (tertiary/aromatic N) is 2. The van der Waals surface area contributed by atoms with E-state index in [1.54, 1.807) is 32.2 Å². The summed E-state index contributed by atoms with van der Waals surface area (Å²) in [6.45, 7) is 5.43. The van der Waals surface area contributed by atoms with Crippen LogP contribution in [0.3, 0.4) is 0 Å². The number of nitrogens with two attached hydrogens (primary N) is 1. The van der Waals surface area contributed by atoms with Crippen LogP contribution in [0.25, 0.3) is 0 Å². The summed E-state index contributed by atoms with van der Waals surface area (Å²) in [6.07, 6.45) is 1.61. The molecule has 0 aliphatic rings. The van der Waals surface area contributed by atoms with Crippen LogP contribution in [0.1, 0.15) is 29.7 Å². The molecule has 0 spiro atoms. The minimum Gasteiger partial charge on any atom is -0.432 e. The fraction of sp³-hybridized carbons (Fsp3) is 0.267. The molecule has 2 rings (SSSR count). The average molecular weight is 287 g/mol. The molecule has 0 bridgehead atoms. The molecule has 1 aromatic heterocycles. The monoisotopic (exact) mass is 287 g/mol.